The van der Waals surface area contributed by atoms with Gasteiger partial charge in [0.05, 0.1) is 4.92 Å². The van der Waals surface area contributed by atoms with Gasteiger partial charge in [0.15, 0.2) is 0 Å². The van der Waals surface area contributed by atoms with E-state index in [4.69, 9.17) is 0 Å². The average Bonchev–Trinajstić information content (AvgIpc) is 2.89. The van der Waals surface area contributed by atoms with Gasteiger partial charge in [-0.15, -0.1) is 0 Å². The van der Waals surface area contributed by atoms with E-state index >= 15 is 0 Å². The molecule has 1 N–H and O–H groups in total. The number of hydrogen-bond acceptors (Lipinski definition) is 5. The van der Waals surface area contributed by atoms with E-state index in [1.165, 1.54) is 12.8 Å². The summed E-state index contributed by atoms with van der Waals surface area (Å²) in [5, 5.41) is 14.2. The number of rotatable bonds is 5. The zero-order chi connectivity index (χ0) is 13.8. The molecule has 0 aliphatic carbocycles. The van der Waals surface area contributed by atoms with Crippen molar-refractivity contribution in [3.05, 3.63) is 27.9 Å². The molecule has 1 aliphatic rings. The van der Waals surface area contributed by atoms with Gasteiger partial charge in [0.1, 0.15) is 0 Å². The van der Waals surface area contributed by atoms with Crippen molar-refractivity contribution >= 4 is 11.5 Å². The van der Waals surface area contributed by atoms with Gasteiger partial charge in [-0.3, -0.25) is 15.0 Å². The second-order valence-corrected chi connectivity index (χ2v) is 5.06. The van der Waals surface area contributed by atoms with Crippen molar-refractivity contribution in [1.82, 2.24) is 9.88 Å². The lowest BCUT2D eigenvalue weighted by Gasteiger charge is -2.24. The summed E-state index contributed by atoms with van der Waals surface area (Å²) in [6.45, 7) is 6.78. The third-order valence-electron chi connectivity index (χ3n) is 3.64. The fourth-order valence-electron chi connectivity index (χ4n) is 2.47. The molecular weight excluding hydrogens is 244 g/mol. The lowest BCUT2D eigenvalue weighted by Crippen LogP contribution is -2.35. The Morgan fingerprint density at radius 1 is 1.53 bits per heavy atom. The van der Waals surface area contributed by atoms with Crippen molar-refractivity contribution < 1.29 is 4.92 Å². The van der Waals surface area contributed by atoms with Crippen LogP contribution in [0.25, 0.3) is 0 Å². The van der Waals surface area contributed by atoms with Crippen LogP contribution in [-0.4, -0.2) is 40.5 Å². The highest BCUT2D eigenvalue weighted by Gasteiger charge is 2.21. The first-order valence-corrected chi connectivity index (χ1v) is 6.67. The van der Waals surface area contributed by atoms with Gasteiger partial charge in [0, 0.05) is 24.3 Å². The molecule has 1 atom stereocenters. The number of nitro groups is 1. The van der Waals surface area contributed by atoms with Crippen LogP contribution in [0.2, 0.25) is 0 Å². The molecular formula is C13H20N4O2. The van der Waals surface area contributed by atoms with Crippen LogP contribution < -0.4 is 5.32 Å². The molecule has 6 heteroatoms. The summed E-state index contributed by atoms with van der Waals surface area (Å²) in [5.74, 6) is 0.371. The third-order valence-corrected chi connectivity index (χ3v) is 3.64. The largest absolute Gasteiger partial charge is 0.363 e. The van der Waals surface area contributed by atoms with Gasteiger partial charge in [-0.1, -0.05) is 0 Å². The van der Waals surface area contributed by atoms with E-state index in [1.54, 1.807) is 19.2 Å². The number of anilines is 1. The molecule has 1 aliphatic heterocycles. The monoisotopic (exact) mass is 264 g/mol. The summed E-state index contributed by atoms with van der Waals surface area (Å²) < 4.78 is 0. The number of aromatic nitrogens is 1. The highest BCUT2D eigenvalue weighted by atomic mass is 16.6. The smallest absolute Gasteiger partial charge is 0.314 e. The first kappa shape index (κ1) is 13.7. The molecule has 0 radical (unpaired) electrons. The summed E-state index contributed by atoms with van der Waals surface area (Å²) >= 11 is 0. The normalized spacial score (nSPS) is 17.4. The molecule has 2 rings (SSSR count). The Hall–Kier alpha value is -1.69. The van der Waals surface area contributed by atoms with E-state index in [0.717, 1.165) is 13.1 Å². The van der Waals surface area contributed by atoms with Gasteiger partial charge in [-0.05, 0) is 45.8 Å². The minimum atomic E-state index is -0.370. The van der Waals surface area contributed by atoms with Crippen LogP contribution in [-0.2, 0) is 0 Å². The Morgan fingerprint density at radius 2 is 2.21 bits per heavy atom. The van der Waals surface area contributed by atoms with Crippen molar-refractivity contribution in [3.8, 4) is 0 Å². The number of pyridine rings is 1. The highest BCUT2D eigenvalue weighted by molar-refractivity contribution is 5.59. The second kappa shape index (κ2) is 5.97. The van der Waals surface area contributed by atoms with Crippen LogP contribution in [0, 0.1) is 17.0 Å². The molecule has 0 spiro atoms. The van der Waals surface area contributed by atoms with Crippen molar-refractivity contribution in [2.45, 2.75) is 32.7 Å². The maximum absolute atomic E-state index is 11.1. The molecule has 6 nitrogen and oxygen atoms in total. The van der Waals surface area contributed by atoms with Crippen molar-refractivity contribution in [1.29, 1.82) is 0 Å². The predicted molar refractivity (Wildman–Crippen MR) is 74.4 cm³/mol. The van der Waals surface area contributed by atoms with Crippen LogP contribution in [0.1, 0.15) is 25.3 Å². The van der Waals surface area contributed by atoms with Crippen LogP contribution in [0.15, 0.2) is 12.3 Å². The van der Waals surface area contributed by atoms with Gasteiger partial charge in [0.25, 0.3) is 0 Å². The fraction of sp³-hybridized carbons (Fsp3) is 0.615. The fourth-order valence-corrected chi connectivity index (χ4v) is 2.47. The van der Waals surface area contributed by atoms with Gasteiger partial charge in [-0.2, -0.15) is 0 Å². The Kier molecular flexibility index (Phi) is 4.31. The third kappa shape index (κ3) is 3.20. The molecule has 1 unspecified atom stereocenters. The summed E-state index contributed by atoms with van der Waals surface area (Å²) in [4.78, 5) is 17.2. The molecule has 2 heterocycles. The Bertz CT molecular complexity index is 458. The summed E-state index contributed by atoms with van der Waals surface area (Å²) in [5.41, 5.74) is 0.715. The van der Waals surface area contributed by atoms with Crippen molar-refractivity contribution in [2.24, 2.45) is 0 Å². The van der Waals surface area contributed by atoms with E-state index in [0.29, 0.717) is 24.0 Å². The zero-order valence-corrected chi connectivity index (χ0v) is 11.4. The first-order valence-electron chi connectivity index (χ1n) is 6.67. The van der Waals surface area contributed by atoms with Crippen LogP contribution >= 0.6 is 0 Å². The molecule has 1 aromatic rings. The number of likely N-dealkylation sites (tertiary alicyclic amines) is 1. The molecule has 0 bridgehead atoms. The van der Waals surface area contributed by atoms with Crippen molar-refractivity contribution in [2.75, 3.05) is 25.0 Å². The predicted octanol–water partition coefficient (Wildman–Crippen LogP) is 2.19. The molecule has 0 aromatic carbocycles. The number of hydrogen-bond donors (Lipinski definition) is 1. The Morgan fingerprint density at radius 3 is 2.84 bits per heavy atom. The lowest BCUT2D eigenvalue weighted by molar-refractivity contribution is -0.384. The number of aryl methyl sites for hydroxylation is 1. The summed E-state index contributed by atoms with van der Waals surface area (Å²) in [7, 11) is 0. The van der Waals surface area contributed by atoms with Gasteiger partial charge < -0.3 is 5.32 Å². The van der Waals surface area contributed by atoms with E-state index in [1.807, 2.05) is 0 Å². The molecule has 104 valence electrons. The standard InChI is InChI=1S/C13H20N4O2/c1-10-5-6-14-13(12(10)17(18)19)15-9-11(2)16-7-3-4-8-16/h5-6,11H,3-4,7-9H2,1-2H3,(H,14,15). The SMILES string of the molecule is Cc1ccnc(NCC(C)N2CCCC2)c1[N+](=O)[O-]. The zero-order valence-electron chi connectivity index (χ0n) is 11.4. The first-order chi connectivity index (χ1) is 9.09. The van der Waals surface area contributed by atoms with Crippen LogP contribution in [0.5, 0.6) is 0 Å². The van der Waals surface area contributed by atoms with Gasteiger partial charge in [-0.25, -0.2) is 4.98 Å². The maximum Gasteiger partial charge on any atom is 0.314 e. The van der Waals surface area contributed by atoms with Crippen LogP contribution in [0.4, 0.5) is 11.5 Å². The minimum Gasteiger partial charge on any atom is -0.363 e. The van der Waals surface area contributed by atoms with Crippen molar-refractivity contribution in [3.63, 3.8) is 0 Å². The summed E-state index contributed by atoms with van der Waals surface area (Å²) in [6, 6.07) is 2.03. The van der Waals surface area contributed by atoms with E-state index in [9.17, 15) is 10.1 Å². The second-order valence-electron chi connectivity index (χ2n) is 5.06. The van der Waals surface area contributed by atoms with Gasteiger partial charge >= 0.3 is 5.69 Å². The molecule has 1 fully saturated rings. The minimum absolute atomic E-state index is 0.0797. The van der Waals surface area contributed by atoms with Gasteiger partial charge in [0.2, 0.25) is 5.82 Å². The molecule has 0 amide bonds. The molecule has 1 saturated heterocycles. The maximum atomic E-state index is 11.1. The van der Waals surface area contributed by atoms with Crippen LogP contribution in [0.3, 0.4) is 0 Å². The quantitative estimate of drug-likeness (QED) is 0.652. The Labute approximate surface area is 113 Å². The summed E-state index contributed by atoms with van der Waals surface area (Å²) in [6.07, 6.45) is 4.09. The van der Waals surface area contributed by atoms with E-state index in [-0.39, 0.29) is 10.6 Å². The average molecular weight is 264 g/mol. The lowest BCUT2D eigenvalue weighted by atomic mass is 10.2. The molecule has 0 saturated carbocycles. The Balaban J connectivity index is 2.02. The number of nitrogens with zero attached hydrogens (tertiary/aromatic N) is 3. The molecule has 1 aromatic heterocycles. The number of nitrogens with one attached hydrogen (secondary N) is 1. The van der Waals surface area contributed by atoms with E-state index < -0.39 is 0 Å². The highest BCUT2D eigenvalue weighted by Crippen LogP contribution is 2.25. The van der Waals surface area contributed by atoms with E-state index in [2.05, 4.69) is 22.1 Å². The molecule has 19 heavy (non-hydrogen) atoms. The topological polar surface area (TPSA) is 71.3 Å².